The number of phenols is 1. The largest absolute Gasteiger partial charge is 0.508 e. The van der Waals surface area contributed by atoms with Gasteiger partial charge in [-0.2, -0.15) is 5.10 Å². The van der Waals surface area contributed by atoms with Crippen LogP contribution in [0.5, 0.6) is 5.75 Å². The Hall–Kier alpha value is -2.82. The number of phenolic OH excluding ortho intramolecular Hbond substituents is 1. The second kappa shape index (κ2) is 5.68. The van der Waals surface area contributed by atoms with Crippen molar-refractivity contribution in [2.24, 2.45) is 5.10 Å². The lowest BCUT2D eigenvalue weighted by Crippen LogP contribution is -1.96. The van der Waals surface area contributed by atoms with Crippen LogP contribution in [0.3, 0.4) is 0 Å². The summed E-state index contributed by atoms with van der Waals surface area (Å²) in [6, 6.07) is 12.9. The van der Waals surface area contributed by atoms with Crippen molar-refractivity contribution < 1.29 is 15.0 Å². The number of carboxylic acids is 1. The molecule has 0 amide bonds. The summed E-state index contributed by atoms with van der Waals surface area (Å²) in [7, 11) is 0. The number of anilines is 1. The summed E-state index contributed by atoms with van der Waals surface area (Å²) >= 11 is 0. The smallest absolute Gasteiger partial charge is 0.335 e. The number of rotatable bonds is 4. The van der Waals surface area contributed by atoms with Crippen molar-refractivity contribution >= 4 is 17.9 Å². The normalized spacial score (nSPS) is 10.5. The Morgan fingerprint density at radius 2 is 1.89 bits per heavy atom. The van der Waals surface area contributed by atoms with E-state index in [9.17, 15) is 9.90 Å². The maximum Gasteiger partial charge on any atom is 0.335 e. The summed E-state index contributed by atoms with van der Waals surface area (Å²) in [6.45, 7) is 0. The zero-order valence-electron chi connectivity index (χ0n) is 9.95. The van der Waals surface area contributed by atoms with Crippen LogP contribution < -0.4 is 5.43 Å². The Morgan fingerprint density at radius 3 is 2.53 bits per heavy atom. The molecule has 5 heteroatoms. The van der Waals surface area contributed by atoms with Crippen molar-refractivity contribution in [1.82, 2.24) is 0 Å². The van der Waals surface area contributed by atoms with Crippen LogP contribution in [-0.4, -0.2) is 22.4 Å². The van der Waals surface area contributed by atoms with Crippen LogP contribution in [-0.2, 0) is 0 Å². The third kappa shape index (κ3) is 3.57. The lowest BCUT2D eigenvalue weighted by atomic mass is 10.2. The fourth-order valence-electron chi connectivity index (χ4n) is 1.47. The molecule has 0 aliphatic rings. The number of carbonyl (C=O) groups is 1. The van der Waals surface area contributed by atoms with Crippen molar-refractivity contribution in [2.75, 3.05) is 5.43 Å². The van der Waals surface area contributed by atoms with Gasteiger partial charge in [0, 0.05) is 0 Å². The molecule has 0 aliphatic carbocycles. The molecule has 0 aliphatic heterocycles. The second-order valence-electron chi connectivity index (χ2n) is 3.85. The Morgan fingerprint density at radius 1 is 1.16 bits per heavy atom. The van der Waals surface area contributed by atoms with Gasteiger partial charge in [0.1, 0.15) is 5.75 Å². The highest BCUT2D eigenvalue weighted by Gasteiger charge is 2.00. The SMILES string of the molecule is O=C(O)c1ccc(N/N=C\c2cccc(O)c2)cc1. The zero-order valence-corrected chi connectivity index (χ0v) is 9.95. The molecular formula is C14H12N2O3. The molecular weight excluding hydrogens is 244 g/mol. The molecule has 0 bridgehead atoms. The van der Waals surface area contributed by atoms with Crippen LogP contribution in [0.15, 0.2) is 53.6 Å². The summed E-state index contributed by atoms with van der Waals surface area (Å²) in [5.41, 5.74) is 4.44. The summed E-state index contributed by atoms with van der Waals surface area (Å²) < 4.78 is 0. The number of aromatic carboxylic acids is 1. The minimum Gasteiger partial charge on any atom is -0.508 e. The molecule has 2 aromatic rings. The van der Waals surface area contributed by atoms with Crippen molar-refractivity contribution in [3.8, 4) is 5.75 Å². The van der Waals surface area contributed by atoms with Crippen LogP contribution in [0.2, 0.25) is 0 Å². The number of nitrogens with zero attached hydrogens (tertiary/aromatic N) is 1. The Balaban J connectivity index is 2.00. The van der Waals surface area contributed by atoms with Crippen LogP contribution in [0.4, 0.5) is 5.69 Å². The third-order valence-corrected chi connectivity index (χ3v) is 2.41. The molecule has 5 nitrogen and oxygen atoms in total. The van der Waals surface area contributed by atoms with Gasteiger partial charge in [-0.1, -0.05) is 12.1 Å². The van der Waals surface area contributed by atoms with Gasteiger partial charge in [0.2, 0.25) is 0 Å². The van der Waals surface area contributed by atoms with E-state index in [1.165, 1.54) is 12.1 Å². The van der Waals surface area contributed by atoms with Gasteiger partial charge in [0.15, 0.2) is 0 Å². The molecule has 0 unspecified atom stereocenters. The van der Waals surface area contributed by atoms with Gasteiger partial charge in [-0.25, -0.2) is 4.79 Å². The molecule has 0 radical (unpaired) electrons. The Labute approximate surface area is 109 Å². The van der Waals surface area contributed by atoms with E-state index in [4.69, 9.17) is 5.11 Å². The zero-order chi connectivity index (χ0) is 13.7. The fraction of sp³-hybridized carbons (Fsp3) is 0. The predicted octanol–water partition coefficient (Wildman–Crippen LogP) is 2.54. The number of carboxylic acid groups (broad SMARTS) is 1. The molecule has 0 heterocycles. The highest BCUT2D eigenvalue weighted by atomic mass is 16.4. The number of hydrogen-bond donors (Lipinski definition) is 3. The van der Waals surface area contributed by atoms with E-state index in [0.29, 0.717) is 5.69 Å². The molecule has 0 fully saturated rings. The van der Waals surface area contributed by atoms with E-state index in [1.807, 2.05) is 0 Å². The molecule has 96 valence electrons. The van der Waals surface area contributed by atoms with E-state index in [0.717, 1.165) is 5.56 Å². The number of hydrazone groups is 1. The van der Waals surface area contributed by atoms with Gasteiger partial charge in [-0.3, -0.25) is 5.43 Å². The molecule has 2 rings (SSSR count). The summed E-state index contributed by atoms with van der Waals surface area (Å²) in [5, 5.41) is 22.0. The standard InChI is InChI=1S/C14H12N2O3/c17-13-3-1-2-10(8-13)9-15-16-12-6-4-11(5-7-12)14(18)19/h1-9,16-17H,(H,18,19)/b15-9-. The molecule has 0 saturated carbocycles. The third-order valence-electron chi connectivity index (χ3n) is 2.41. The quantitative estimate of drug-likeness (QED) is 0.580. The van der Waals surface area contributed by atoms with Gasteiger partial charge in [-0.05, 0) is 42.0 Å². The highest BCUT2D eigenvalue weighted by Crippen LogP contribution is 2.11. The van der Waals surface area contributed by atoms with Gasteiger partial charge in [-0.15, -0.1) is 0 Å². The van der Waals surface area contributed by atoms with E-state index < -0.39 is 5.97 Å². The predicted molar refractivity (Wildman–Crippen MR) is 72.7 cm³/mol. The van der Waals surface area contributed by atoms with E-state index >= 15 is 0 Å². The minimum atomic E-state index is -0.963. The van der Waals surface area contributed by atoms with E-state index in [1.54, 1.807) is 42.6 Å². The minimum absolute atomic E-state index is 0.176. The Bertz CT molecular complexity index is 606. The molecule has 0 spiro atoms. The topological polar surface area (TPSA) is 81.9 Å². The summed E-state index contributed by atoms with van der Waals surface area (Å²) in [4.78, 5) is 10.7. The van der Waals surface area contributed by atoms with Crippen LogP contribution in [0.25, 0.3) is 0 Å². The van der Waals surface area contributed by atoms with E-state index in [-0.39, 0.29) is 11.3 Å². The van der Waals surface area contributed by atoms with Crippen LogP contribution >= 0.6 is 0 Å². The van der Waals surface area contributed by atoms with Gasteiger partial charge < -0.3 is 10.2 Å². The van der Waals surface area contributed by atoms with Crippen molar-refractivity contribution in [2.45, 2.75) is 0 Å². The lowest BCUT2D eigenvalue weighted by molar-refractivity contribution is 0.0697. The Kier molecular flexibility index (Phi) is 3.78. The average Bonchev–Trinajstić information content (AvgIpc) is 2.39. The monoisotopic (exact) mass is 256 g/mol. The molecule has 2 aromatic carbocycles. The maximum absolute atomic E-state index is 10.7. The first kappa shape index (κ1) is 12.6. The first-order valence-electron chi connectivity index (χ1n) is 5.56. The molecule has 0 aromatic heterocycles. The van der Waals surface area contributed by atoms with Crippen molar-refractivity contribution in [1.29, 1.82) is 0 Å². The number of hydrogen-bond acceptors (Lipinski definition) is 4. The summed E-state index contributed by atoms with van der Waals surface area (Å²) in [6.07, 6.45) is 1.56. The maximum atomic E-state index is 10.7. The highest BCUT2D eigenvalue weighted by molar-refractivity contribution is 5.88. The average molecular weight is 256 g/mol. The number of nitrogens with one attached hydrogen (secondary N) is 1. The molecule has 3 N–H and O–H groups in total. The summed E-state index contributed by atoms with van der Waals surface area (Å²) in [5.74, 6) is -0.787. The van der Waals surface area contributed by atoms with Crippen molar-refractivity contribution in [3.05, 3.63) is 59.7 Å². The number of aromatic hydroxyl groups is 1. The van der Waals surface area contributed by atoms with Gasteiger partial charge in [0.05, 0.1) is 17.5 Å². The molecule has 0 atom stereocenters. The van der Waals surface area contributed by atoms with Gasteiger partial charge in [0.25, 0.3) is 0 Å². The van der Waals surface area contributed by atoms with E-state index in [2.05, 4.69) is 10.5 Å². The van der Waals surface area contributed by atoms with Crippen LogP contribution in [0.1, 0.15) is 15.9 Å². The first-order valence-corrected chi connectivity index (χ1v) is 5.56. The fourth-order valence-corrected chi connectivity index (χ4v) is 1.47. The lowest BCUT2D eigenvalue weighted by Gasteiger charge is -2.00. The van der Waals surface area contributed by atoms with Gasteiger partial charge >= 0.3 is 5.97 Å². The second-order valence-corrected chi connectivity index (χ2v) is 3.85. The van der Waals surface area contributed by atoms with Crippen LogP contribution in [0, 0.1) is 0 Å². The molecule has 0 saturated heterocycles. The van der Waals surface area contributed by atoms with Crippen molar-refractivity contribution in [3.63, 3.8) is 0 Å². The first-order chi connectivity index (χ1) is 9.15. The molecule has 19 heavy (non-hydrogen) atoms. The number of benzene rings is 2.